The fraction of sp³-hybridized carbons (Fsp3) is 1.00. The summed E-state index contributed by atoms with van der Waals surface area (Å²) < 4.78 is 5.25. The summed E-state index contributed by atoms with van der Waals surface area (Å²) in [7, 11) is 4.03. The summed E-state index contributed by atoms with van der Waals surface area (Å²) in [6, 6.07) is 0. The van der Waals surface area contributed by atoms with Crippen molar-refractivity contribution in [2.75, 3.05) is 53.5 Å². The lowest BCUT2D eigenvalue weighted by Gasteiger charge is -2.27. The quantitative estimate of drug-likeness (QED) is 0.574. The molecule has 1 aliphatic heterocycles. The molecule has 1 rings (SSSR count). The Balaban J connectivity index is 1.98. The van der Waals surface area contributed by atoms with E-state index in [0.29, 0.717) is 0 Å². The maximum atomic E-state index is 5.25. The summed E-state index contributed by atoms with van der Waals surface area (Å²) in [5, 5.41) is 1.99. The third-order valence-corrected chi connectivity index (χ3v) is 1.96. The molecule has 4 heteroatoms. The predicted molar refractivity (Wildman–Crippen MR) is 48.9 cm³/mol. The van der Waals surface area contributed by atoms with Gasteiger partial charge in [0.2, 0.25) is 0 Å². The third-order valence-electron chi connectivity index (χ3n) is 1.96. The molecule has 0 unspecified atom stereocenters. The fourth-order valence-electron chi connectivity index (χ4n) is 1.26. The summed E-state index contributed by atoms with van der Waals surface area (Å²) in [6.45, 7) is 6.07. The molecular weight excluding hydrogens is 154 g/mol. The van der Waals surface area contributed by atoms with E-state index in [0.717, 1.165) is 39.4 Å². The van der Waals surface area contributed by atoms with Crippen LogP contribution in [0.4, 0.5) is 0 Å². The van der Waals surface area contributed by atoms with Gasteiger partial charge < -0.3 is 4.74 Å². The molecule has 72 valence electrons. The Hall–Kier alpha value is -0.160. The monoisotopic (exact) mass is 173 g/mol. The molecule has 12 heavy (non-hydrogen) atoms. The van der Waals surface area contributed by atoms with E-state index in [1.807, 2.05) is 19.1 Å². The molecule has 1 fully saturated rings. The van der Waals surface area contributed by atoms with E-state index in [-0.39, 0.29) is 0 Å². The standard InChI is InChI=1S/C8H19N3O/c1-10(2)9-3-4-11-5-7-12-8-6-11/h9H,3-8H2,1-2H3. The Morgan fingerprint density at radius 1 is 1.33 bits per heavy atom. The van der Waals surface area contributed by atoms with Gasteiger partial charge in [0.15, 0.2) is 0 Å². The predicted octanol–water partition coefficient (Wildman–Crippen LogP) is -0.615. The van der Waals surface area contributed by atoms with Crippen molar-refractivity contribution in [3.63, 3.8) is 0 Å². The second kappa shape index (κ2) is 5.48. The van der Waals surface area contributed by atoms with Crippen molar-refractivity contribution >= 4 is 0 Å². The van der Waals surface area contributed by atoms with Gasteiger partial charge in [-0.05, 0) is 0 Å². The van der Waals surface area contributed by atoms with Crippen molar-refractivity contribution in [1.29, 1.82) is 0 Å². The molecular formula is C8H19N3O. The summed E-state index contributed by atoms with van der Waals surface area (Å²) >= 11 is 0. The molecule has 1 saturated heterocycles. The topological polar surface area (TPSA) is 27.7 Å². The van der Waals surface area contributed by atoms with Crippen LogP contribution in [0, 0.1) is 0 Å². The minimum Gasteiger partial charge on any atom is -0.379 e. The third kappa shape index (κ3) is 4.01. The number of hydrazine groups is 1. The van der Waals surface area contributed by atoms with E-state index in [9.17, 15) is 0 Å². The number of hydrogen-bond acceptors (Lipinski definition) is 4. The highest BCUT2D eigenvalue weighted by Crippen LogP contribution is 1.94. The van der Waals surface area contributed by atoms with Gasteiger partial charge in [-0.2, -0.15) is 0 Å². The van der Waals surface area contributed by atoms with Gasteiger partial charge in [-0.3, -0.25) is 15.3 Å². The van der Waals surface area contributed by atoms with Crippen LogP contribution < -0.4 is 5.43 Å². The first kappa shape index (κ1) is 9.92. The van der Waals surface area contributed by atoms with E-state index in [2.05, 4.69) is 10.3 Å². The average molecular weight is 173 g/mol. The van der Waals surface area contributed by atoms with Gasteiger partial charge in [-0.15, -0.1) is 0 Å². The minimum atomic E-state index is 0.891. The van der Waals surface area contributed by atoms with Crippen LogP contribution in [0.3, 0.4) is 0 Å². The van der Waals surface area contributed by atoms with Gasteiger partial charge in [0, 0.05) is 40.3 Å². The molecule has 0 aromatic carbocycles. The van der Waals surface area contributed by atoms with E-state index >= 15 is 0 Å². The molecule has 0 amide bonds. The molecule has 1 N–H and O–H groups in total. The smallest absolute Gasteiger partial charge is 0.0594 e. The van der Waals surface area contributed by atoms with Gasteiger partial charge >= 0.3 is 0 Å². The van der Waals surface area contributed by atoms with Crippen LogP contribution in [0.1, 0.15) is 0 Å². The van der Waals surface area contributed by atoms with Crippen molar-refractivity contribution in [3.05, 3.63) is 0 Å². The number of rotatable bonds is 4. The number of hydrogen-bond donors (Lipinski definition) is 1. The number of morpholine rings is 1. The van der Waals surface area contributed by atoms with Crippen LogP contribution >= 0.6 is 0 Å². The number of nitrogens with one attached hydrogen (secondary N) is 1. The highest BCUT2D eigenvalue weighted by molar-refractivity contribution is 4.61. The van der Waals surface area contributed by atoms with E-state index in [1.54, 1.807) is 0 Å². The van der Waals surface area contributed by atoms with Crippen molar-refractivity contribution in [1.82, 2.24) is 15.3 Å². The lowest BCUT2D eigenvalue weighted by molar-refractivity contribution is 0.0365. The zero-order chi connectivity index (χ0) is 8.81. The van der Waals surface area contributed by atoms with Gasteiger partial charge in [0.05, 0.1) is 13.2 Å². The summed E-state index contributed by atoms with van der Waals surface area (Å²) in [4.78, 5) is 2.42. The molecule has 1 aliphatic rings. The Morgan fingerprint density at radius 3 is 2.58 bits per heavy atom. The van der Waals surface area contributed by atoms with Gasteiger partial charge in [0.1, 0.15) is 0 Å². The fourth-order valence-corrected chi connectivity index (χ4v) is 1.26. The average Bonchev–Trinajstić information content (AvgIpc) is 2.05. The molecule has 0 aliphatic carbocycles. The van der Waals surface area contributed by atoms with Crippen molar-refractivity contribution < 1.29 is 4.74 Å². The van der Waals surface area contributed by atoms with Crippen LogP contribution in [0.25, 0.3) is 0 Å². The van der Waals surface area contributed by atoms with Gasteiger partial charge in [0.25, 0.3) is 0 Å². The summed E-state index contributed by atoms with van der Waals surface area (Å²) in [5.41, 5.74) is 3.24. The van der Waals surface area contributed by atoms with Crippen molar-refractivity contribution in [2.24, 2.45) is 0 Å². The zero-order valence-electron chi connectivity index (χ0n) is 8.05. The Kier molecular flexibility index (Phi) is 4.53. The normalized spacial score (nSPS) is 20.2. The first-order chi connectivity index (χ1) is 5.79. The van der Waals surface area contributed by atoms with Gasteiger partial charge in [-0.1, -0.05) is 0 Å². The van der Waals surface area contributed by atoms with Crippen LogP contribution in [-0.4, -0.2) is 63.4 Å². The first-order valence-electron chi connectivity index (χ1n) is 4.50. The molecule has 0 radical (unpaired) electrons. The minimum absolute atomic E-state index is 0.891. The second-order valence-corrected chi connectivity index (χ2v) is 3.26. The molecule has 0 aromatic heterocycles. The lowest BCUT2D eigenvalue weighted by atomic mass is 10.4. The van der Waals surface area contributed by atoms with Crippen LogP contribution in [0.15, 0.2) is 0 Å². The number of ether oxygens (including phenoxy) is 1. The summed E-state index contributed by atoms with van der Waals surface area (Å²) in [5.74, 6) is 0. The zero-order valence-corrected chi connectivity index (χ0v) is 8.05. The first-order valence-corrected chi connectivity index (χ1v) is 4.50. The maximum Gasteiger partial charge on any atom is 0.0594 e. The molecule has 4 nitrogen and oxygen atoms in total. The van der Waals surface area contributed by atoms with E-state index < -0.39 is 0 Å². The lowest BCUT2D eigenvalue weighted by Crippen LogP contribution is -2.42. The largest absolute Gasteiger partial charge is 0.379 e. The van der Waals surface area contributed by atoms with E-state index in [4.69, 9.17) is 4.74 Å². The summed E-state index contributed by atoms with van der Waals surface area (Å²) in [6.07, 6.45) is 0. The Labute approximate surface area is 74.4 Å². The van der Waals surface area contributed by atoms with Gasteiger partial charge in [-0.25, -0.2) is 0 Å². The van der Waals surface area contributed by atoms with Crippen molar-refractivity contribution in [2.45, 2.75) is 0 Å². The molecule has 1 heterocycles. The molecule has 0 aromatic rings. The SMILES string of the molecule is CN(C)NCCN1CCOCC1. The maximum absolute atomic E-state index is 5.25. The van der Waals surface area contributed by atoms with Crippen LogP contribution in [-0.2, 0) is 4.74 Å². The Bertz CT molecular complexity index is 113. The number of nitrogens with zero attached hydrogens (tertiary/aromatic N) is 2. The molecule has 0 spiro atoms. The molecule has 0 saturated carbocycles. The molecule has 0 atom stereocenters. The highest BCUT2D eigenvalue weighted by Gasteiger charge is 2.08. The Morgan fingerprint density at radius 2 is 2.00 bits per heavy atom. The van der Waals surface area contributed by atoms with Crippen molar-refractivity contribution in [3.8, 4) is 0 Å². The van der Waals surface area contributed by atoms with Crippen LogP contribution in [0.2, 0.25) is 0 Å². The second-order valence-electron chi connectivity index (χ2n) is 3.26. The highest BCUT2D eigenvalue weighted by atomic mass is 16.5. The van der Waals surface area contributed by atoms with Crippen LogP contribution in [0.5, 0.6) is 0 Å². The molecule has 0 bridgehead atoms. The van der Waals surface area contributed by atoms with E-state index in [1.165, 1.54) is 0 Å².